The predicted molar refractivity (Wildman–Crippen MR) is 121 cm³/mol. The van der Waals surface area contributed by atoms with Crippen molar-refractivity contribution in [1.82, 2.24) is 4.90 Å². The maximum Gasteiger partial charge on any atom is 0.254 e. The van der Waals surface area contributed by atoms with E-state index < -0.39 is 0 Å². The lowest BCUT2D eigenvalue weighted by atomic mass is 9.80. The minimum Gasteiger partial charge on any atom is -0.497 e. The molecule has 0 N–H and O–H groups in total. The summed E-state index contributed by atoms with van der Waals surface area (Å²) in [5.74, 6) is 0.864. The molecule has 166 valence electrons. The molecule has 31 heavy (non-hydrogen) atoms. The Bertz CT molecular complexity index is 890. The van der Waals surface area contributed by atoms with Gasteiger partial charge < -0.3 is 19.1 Å². The van der Waals surface area contributed by atoms with E-state index >= 15 is 0 Å². The average Bonchev–Trinajstić information content (AvgIpc) is 2.79. The maximum absolute atomic E-state index is 13.2. The molecule has 1 amide bonds. The molecule has 2 aromatic carbocycles. The Kier molecular flexibility index (Phi) is 6.63. The third kappa shape index (κ3) is 4.78. The molecule has 2 heterocycles. The highest BCUT2D eigenvalue weighted by Crippen LogP contribution is 2.44. The molecule has 0 unspecified atom stereocenters. The molecule has 2 fully saturated rings. The van der Waals surface area contributed by atoms with Crippen molar-refractivity contribution in [3.05, 3.63) is 65.2 Å². The zero-order chi connectivity index (χ0) is 21.8. The fourth-order valence-corrected chi connectivity index (χ4v) is 4.98. The van der Waals surface area contributed by atoms with Crippen molar-refractivity contribution in [3.63, 3.8) is 0 Å². The Balaban J connectivity index is 1.47. The number of likely N-dealkylation sites (tertiary alicyclic amines) is 1. The Morgan fingerprint density at radius 3 is 2.55 bits per heavy atom. The molecule has 5 heteroatoms. The summed E-state index contributed by atoms with van der Waals surface area (Å²) in [7, 11) is 1.64. The second-order valence-corrected chi connectivity index (χ2v) is 8.69. The van der Waals surface area contributed by atoms with Gasteiger partial charge >= 0.3 is 0 Å². The summed E-state index contributed by atoms with van der Waals surface area (Å²) < 4.78 is 18.1. The van der Waals surface area contributed by atoms with Crippen LogP contribution < -0.4 is 4.74 Å². The molecule has 0 saturated carbocycles. The van der Waals surface area contributed by atoms with Gasteiger partial charge in [-0.25, -0.2) is 0 Å². The van der Waals surface area contributed by atoms with E-state index in [9.17, 15) is 4.79 Å². The fourth-order valence-electron chi connectivity index (χ4n) is 4.98. The second-order valence-electron chi connectivity index (χ2n) is 8.69. The Labute approximate surface area is 185 Å². The number of carbonyl (C=O) groups excluding carboxylic acids is 1. The van der Waals surface area contributed by atoms with Crippen molar-refractivity contribution < 1.29 is 19.0 Å². The Morgan fingerprint density at radius 2 is 1.90 bits per heavy atom. The molecular formula is C26H33NO4. The first kappa shape index (κ1) is 21.8. The van der Waals surface area contributed by atoms with Crippen molar-refractivity contribution in [2.75, 3.05) is 26.8 Å². The highest BCUT2D eigenvalue weighted by molar-refractivity contribution is 5.95. The van der Waals surface area contributed by atoms with Crippen molar-refractivity contribution in [3.8, 4) is 5.75 Å². The first-order valence-corrected chi connectivity index (χ1v) is 11.3. The molecule has 0 radical (unpaired) electrons. The molecule has 4 rings (SSSR count). The van der Waals surface area contributed by atoms with Gasteiger partial charge in [0.05, 0.1) is 24.9 Å². The summed E-state index contributed by atoms with van der Waals surface area (Å²) in [6.45, 7) is 6.12. The van der Waals surface area contributed by atoms with Crippen LogP contribution in [0.2, 0.25) is 0 Å². The molecule has 2 aromatic rings. The molecular weight excluding hydrogens is 390 g/mol. The van der Waals surface area contributed by atoms with Crippen molar-refractivity contribution >= 4 is 5.91 Å². The van der Waals surface area contributed by atoms with Gasteiger partial charge in [0, 0.05) is 38.1 Å². The van der Waals surface area contributed by atoms with E-state index in [4.69, 9.17) is 14.2 Å². The lowest BCUT2D eigenvalue weighted by Crippen LogP contribution is -2.52. The highest BCUT2D eigenvalue weighted by Gasteiger charge is 2.45. The van der Waals surface area contributed by atoms with Gasteiger partial charge in [-0.2, -0.15) is 0 Å². The summed E-state index contributed by atoms with van der Waals surface area (Å²) in [4.78, 5) is 15.1. The highest BCUT2D eigenvalue weighted by atomic mass is 16.5. The summed E-state index contributed by atoms with van der Waals surface area (Å²) in [6.07, 6.45) is 3.68. The van der Waals surface area contributed by atoms with Gasteiger partial charge in [-0.05, 0) is 56.0 Å². The number of nitrogens with zero attached hydrogens (tertiary/aromatic N) is 1. The van der Waals surface area contributed by atoms with E-state index in [1.807, 2.05) is 36.1 Å². The van der Waals surface area contributed by atoms with Gasteiger partial charge in [-0.3, -0.25) is 4.79 Å². The van der Waals surface area contributed by atoms with Crippen molar-refractivity contribution in [2.45, 2.75) is 57.3 Å². The fraction of sp³-hybridized carbons (Fsp3) is 0.500. The van der Waals surface area contributed by atoms with Crippen LogP contribution in [0.25, 0.3) is 0 Å². The molecule has 5 nitrogen and oxygen atoms in total. The quantitative estimate of drug-likeness (QED) is 0.684. The van der Waals surface area contributed by atoms with Gasteiger partial charge in [0.15, 0.2) is 0 Å². The molecule has 0 bridgehead atoms. The van der Waals surface area contributed by atoms with Crippen LogP contribution in [0.5, 0.6) is 5.75 Å². The van der Waals surface area contributed by atoms with Gasteiger partial charge in [-0.15, -0.1) is 0 Å². The number of hydrogen-bond donors (Lipinski definition) is 0. The van der Waals surface area contributed by atoms with Gasteiger partial charge in [0.1, 0.15) is 5.75 Å². The number of benzene rings is 2. The molecule has 2 aliphatic heterocycles. The minimum atomic E-state index is -0.232. The number of piperidine rings is 1. The number of hydrogen-bond acceptors (Lipinski definition) is 4. The van der Waals surface area contributed by atoms with E-state index in [1.54, 1.807) is 7.11 Å². The zero-order valence-electron chi connectivity index (χ0n) is 18.8. The van der Waals surface area contributed by atoms with Crippen LogP contribution in [0.15, 0.2) is 48.5 Å². The maximum atomic E-state index is 13.2. The van der Waals surface area contributed by atoms with Crippen molar-refractivity contribution in [2.24, 2.45) is 0 Å². The molecule has 1 spiro atoms. The number of rotatable bonds is 5. The lowest BCUT2D eigenvalue weighted by Gasteiger charge is -2.49. The average molecular weight is 424 g/mol. The normalized spacial score (nSPS) is 23.0. The molecule has 0 aromatic heterocycles. The standard InChI is InChI=1S/C26H33NO4/c1-4-30-22-17-24(20-8-6-5-7-9-20)31-26(18-22)12-14-27(15-13-26)25(28)23-11-10-21(29-3)16-19(23)2/h5-11,16,22,24H,4,12-15,17-18H2,1-3H3/t22-,24-/m0/s1. The first-order valence-electron chi connectivity index (χ1n) is 11.3. The van der Waals surface area contributed by atoms with E-state index in [2.05, 4.69) is 31.2 Å². The number of carbonyl (C=O) groups is 1. The lowest BCUT2D eigenvalue weighted by molar-refractivity contribution is -0.190. The summed E-state index contributed by atoms with van der Waals surface area (Å²) in [5.41, 5.74) is 2.66. The van der Waals surface area contributed by atoms with Crippen LogP contribution in [-0.4, -0.2) is 49.3 Å². The van der Waals surface area contributed by atoms with Crippen LogP contribution in [0.4, 0.5) is 0 Å². The largest absolute Gasteiger partial charge is 0.497 e. The molecule has 2 aliphatic rings. The summed E-state index contributed by atoms with van der Waals surface area (Å²) >= 11 is 0. The smallest absolute Gasteiger partial charge is 0.254 e. The monoisotopic (exact) mass is 423 g/mol. The van der Waals surface area contributed by atoms with Gasteiger partial charge in [0.2, 0.25) is 0 Å². The van der Waals surface area contributed by atoms with E-state index in [1.165, 1.54) is 5.56 Å². The number of ether oxygens (including phenoxy) is 3. The van der Waals surface area contributed by atoms with Crippen molar-refractivity contribution in [1.29, 1.82) is 0 Å². The van der Waals surface area contributed by atoms with Crippen LogP contribution in [0, 0.1) is 6.92 Å². The third-order valence-electron chi connectivity index (χ3n) is 6.67. The third-order valence-corrected chi connectivity index (χ3v) is 6.67. The second kappa shape index (κ2) is 9.41. The van der Waals surface area contributed by atoms with E-state index in [0.717, 1.165) is 42.6 Å². The Morgan fingerprint density at radius 1 is 1.16 bits per heavy atom. The van der Waals surface area contributed by atoms with Crippen LogP contribution in [-0.2, 0) is 9.47 Å². The number of methoxy groups -OCH3 is 1. The van der Waals surface area contributed by atoms with E-state index in [0.29, 0.717) is 19.7 Å². The zero-order valence-corrected chi connectivity index (χ0v) is 18.8. The molecule has 2 atom stereocenters. The molecule has 2 saturated heterocycles. The number of amides is 1. The Hall–Kier alpha value is -2.37. The summed E-state index contributed by atoms with van der Waals surface area (Å²) in [5, 5.41) is 0. The molecule has 0 aliphatic carbocycles. The summed E-state index contributed by atoms with van der Waals surface area (Å²) in [6, 6.07) is 16.1. The van der Waals surface area contributed by atoms with Crippen LogP contribution in [0.1, 0.15) is 60.2 Å². The van der Waals surface area contributed by atoms with Crippen LogP contribution in [0.3, 0.4) is 0 Å². The topological polar surface area (TPSA) is 48.0 Å². The van der Waals surface area contributed by atoms with Gasteiger partial charge in [-0.1, -0.05) is 30.3 Å². The first-order chi connectivity index (χ1) is 15.0. The predicted octanol–water partition coefficient (Wildman–Crippen LogP) is 4.94. The van der Waals surface area contributed by atoms with Gasteiger partial charge in [0.25, 0.3) is 5.91 Å². The van der Waals surface area contributed by atoms with Crippen LogP contribution >= 0.6 is 0 Å². The minimum absolute atomic E-state index is 0.0394. The number of aryl methyl sites for hydroxylation is 1. The van der Waals surface area contributed by atoms with E-state index in [-0.39, 0.29) is 23.7 Å². The SMILES string of the molecule is CCO[C@H]1C[C@@H](c2ccccc2)OC2(CCN(C(=O)c3ccc(OC)cc3C)CC2)C1.